The summed E-state index contributed by atoms with van der Waals surface area (Å²) in [5.41, 5.74) is 9.44. The van der Waals surface area contributed by atoms with E-state index in [4.69, 9.17) is 15.0 Å². The molecule has 11 aromatic rings. The molecule has 3 heterocycles. The number of benzene rings is 9. The molecular formula is C54H37N5. The molecule has 0 saturated carbocycles. The Hall–Kier alpha value is -7.63. The van der Waals surface area contributed by atoms with Crippen LogP contribution in [0.25, 0.3) is 82.6 Å². The van der Waals surface area contributed by atoms with E-state index in [0.29, 0.717) is 17.6 Å². The largest absolute Gasteiger partial charge is 0.309 e. The molecule has 0 radical (unpaired) electrons. The molecule has 59 heavy (non-hydrogen) atoms. The molecule has 0 amide bonds. The second-order valence-corrected chi connectivity index (χ2v) is 16.0. The van der Waals surface area contributed by atoms with Crippen LogP contribution >= 0.6 is 0 Å². The van der Waals surface area contributed by atoms with Crippen LogP contribution in [0.5, 0.6) is 0 Å². The molecule has 0 unspecified atom stereocenters. The molecule has 12 rings (SSSR count). The highest BCUT2D eigenvalue weighted by molar-refractivity contribution is 6.35. The maximum Gasteiger partial charge on any atom is 0.238 e. The Labute approximate surface area is 341 Å². The van der Waals surface area contributed by atoms with Crippen molar-refractivity contribution in [1.29, 1.82) is 0 Å². The zero-order valence-corrected chi connectivity index (χ0v) is 32.6. The van der Waals surface area contributed by atoms with Crippen molar-refractivity contribution in [3.05, 3.63) is 199 Å². The summed E-state index contributed by atoms with van der Waals surface area (Å²) >= 11 is 0. The Bertz CT molecular complexity index is 3370. The topological polar surface area (TPSA) is 46.8 Å². The van der Waals surface area contributed by atoms with Crippen molar-refractivity contribution in [2.45, 2.75) is 19.3 Å². The van der Waals surface area contributed by atoms with Crippen LogP contribution in [-0.4, -0.2) is 19.5 Å². The van der Waals surface area contributed by atoms with Crippen LogP contribution in [0.15, 0.2) is 188 Å². The zero-order chi connectivity index (χ0) is 39.2. The zero-order valence-electron chi connectivity index (χ0n) is 32.6. The van der Waals surface area contributed by atoms with E-state index in [1.165, 1.54) is 59.7 Å². The molecule has 2 aromatic heterocycles. The fourth-order valence-electron chi connectivity index (χ4n) is 9.66. The van der Waals surface area contributed by atoms with E-state index in [1.54, 1.807) is 0 Å². The highest BCUT2D eigenvalue weighted by atomic mass is 15.3. The maximum atomic E-state index is 5.30. The van der Waals surface area contributed by atoms with Gasteiger partial charge in [0.1, 0.15) is 0 Å². The average Bonchev–Trinajstić information content (AvgIpc) is 3.63. The Morgan fingerprint density at radius 3 is 1.56 bits per heavy atom. The van der Waals surface area contributed by atoms with Crippen LogP contribution in [0.3, 0.4) is 0 Å². The van der Waals surface area contributed by atoms with Gasteiger partial charge in [0.25, 0.3) is 0 Å². The number of hydrogen-bond acceptors (Lipinski definition) is 4. The van der Waals surface area contributed by atoms with Gasteiger partial charge in [0, 0.05) is 38.4 Å². The SMILES string of the molecule is CC1(C)c2ccccc2N(c2nc(-c3ccccc3)nc(-c3ccccc3)n2)c2cc3c(cc21)c1c2c4ccccc4c4ccccc4c2ccc1n3-c1ccccc1. The minimum atomic E-state index is -0.352. The summed E-state index contributed by atoms with van der Waals surface area (Å²) in [5.74, 6) is 1.83. The third-order valence-electron chi connectivity index (χ3n) is 12.4. The van der Waals surface area contributed by atoms with Crippen molar-refractivity contribution in [1.82, 2.24) is 19.5 Å². The fraction of sp³-hybridized carbons (Fsp3) is 0.0556. The van der Waals surface area contributed by atoms with Crippen LogP contribution in [-0.2, 0) is 5.41 Å². The number of aromatic nitrogens is 4. The molecule has 1 aliphatic heterocycles. The van der Waals surface area contributed by atoms with Gasteiger partial charge in [-0.1, -0.05) is 166 Å². The summed E-state index contributed by atoms with van der Waals surface area (Å²) in [6, 6.07) is 67.2. The second-order valence-electron chi connectivity index (χ2n) is 16.0. The molecule has 0 N–H and O–H groups in total. The van der Waals surface area contributed by atoms with Crippen molar-refractivity contribution in [2.24, 2.45) is 0 Å². The van der Waals surface area contributed by atoms with Gasteiger partial charge in [-0.2, -0.15) is 9.97 Å². The maximum absolute atomic E-state index is 5.30. The summed E-state index contributed by atoms with van der Waals surface area (Å²) in [4.78, 5) is 17.9. The average molecular weight is 756 g/mol. The summed E-state index contributed by atoms with van der Waals surface area (Å²) in [5, 5.41) is 10.1. The second kappa shape index (κ2) is 12.7. The molecule has 5 nitrogen and oxygen atoms in total. The smallest absolute Gasteiger partial charge is 0.238 e. The Morgan fingerprint density at radius 2 is 0.915 bits per heavy atom. The van der Waals surface area contributed by atoms with Gasteiger partial charge in [0.2, 0.25) is 5.95 Å². The van der Waals surface area contributed by atoms with E-state index < -0.39 is 0 Å². The number of fused-ring (bicyclic) bond motifs is 12. The van der Waals surface area contributed by atoms with Gasteiger partial charge in [-0.3, -0.25) is 4.90 Å². The van der Waals surface area contributed by atoms with E-state index in [-0.39, 0.29) is 5.41 Å². The van der Waals surface area contributed by atoms with Crippen molar-refractivity contribution < 1.29 is 0 Å². The number of para-hydroxylation sites is 2. The van der Waals surface area contributed by atoms with Gasteiger partial charge >= 0.3 is 0 Å². The summed E-state index contributed by atoms with van der Waals surface area (Å²) < 4.78 is 2.44. The van der Waals surface area contributed by atoms with Crippen molar-refractivity contribution in [3.8, 4) is 28.5 Å². The first-order chi connectivity index (χ1) is 29.0. The lowest BCUT2D eigenvalue weighted by atomic mass is 9.73. The highest BCUT2D eigenvalue weighted by Crippen LogP contribution is 2.54. The fourth-order valence-corrected chi connectivity index (χ4v) is 9.66. The molecule has 0 saturated heterocycles. The van der Waals surface area contributed by atoms with E-state index in [0.717, 1.165) is 33.7 Å². The Balaban J connectivity index is 1.23. The lowest BCUT2D eigenvalue weighted by Gasteiger charge is -2.41. The predicted octanol–water partition coefficient (Wildman–Crippen LogP) is 13.9. The third kappa shape index (κ3) is 4.95. The van der Waals surface area contributed by atoms with Crippen LogP contribution < -0.4 is 4.90 Å². The number of hydrogen-bond donors (Lipinski definition) is 0. The van der Waals surface area contributed by atoms with Gasteiger partial charge in [-0.15, -0.1) is 0 Å². The first-order valence-electron chi connectivity index (χ1n) is 20.2. The van der Waals surface area contributed by atoms with Gasteiger partial charge in [0.15, 0.2) is 11.6 Å². The van der Waals surface area contributed by atoms with Crippen molar-refractivity contribution in [2.75, 3.05) is 4.90 Å². The lowest BCUT2D eigenvalue weighted by Crippen LogP contribution is -2.31. The third-order valence-corrected chi connectivity index (χ3v) is 12.4. The van der Waals surface area contributed by atoms with E-state index in [2.05, 4.69) is 175 Å². The molecule has 9 aromatic carbocycles. The number of anilines is 3. The highest BCUT2D eigenvalue weighted by Gasteiger charge is 2.39. The number of rotatable bonds is 4. The van der Waals surface area contributed by atoms with Crippen molar-refractivity contribution in [3.63, 3.8) is 0 Å². The van der Waals surface area contributed by atoms with Crippen LogP contribution in [0.2, 0.25) is 0 Å². The van der Waals surface area contributed by atoms with E-state index in [9.17, 15) is 0 Å². The standard InChI is InChI=1S/C54H37N5/c1-54(2)43-28-16-17-29-45(43)59(53-56-51(34-18-6-3-7-19-34)55-52(57-53)35-20-8-4-9-21-35)48-33-47-42(32-44(48)54)50-46(58(47)36-22-10-5-11-23-36)31-30-41-39-26-13-12-24-37(39)38-25-14-15-27-40(38)49(41)50/h3-33H,1-2H3. The quantitative estimate of drug-likeness (QED) is 0.168. The summed E-state index contributed by atoms with van der Waals surface area (Å²) in [6.45, 7) is 4.70. The normalized spacial score (nSPS) is 13.4. The van der Waals surface area contributed by atoms with E-state index in [1.807, 2.05) is 36.4 Å². The van der Waals surface area contributed by atoms with Crippen molar-refractivity contribution >= 4 is 71.4 Å². The van der Waals surface area contributed by atoms with Crippen LogP contribution in [0.1, 0.15) is 25.0 Å². The molecule has 0 fully saturated rings. The molecule has 1 aliphatic rings. The van der Waals surface area contributed by atoms with Crippen LogP contribution in [0, 0.1) is 0 Å². The Morgan fingerprint density at radius 1 is 0.390 bits per heavy atom. The minimum absolute atomic E-state index is 0.352. The summed E-state index contributed by atoms with van der Waals surface area (Å²) in [7, 11) is 0. The van der Waals surface area contributed by atoms with Gasteiger partial charge in [-0.25, -0.2) is 4.98 Å². The lowest BCUT2D eigenvalue weighted by molar-refractivity contribution is 0.631. The molecular weight excluding hydrogens is 719 g/mol. The van der Waals surface area contributed by atoms with E-state index >= 15 is 0 Å². The van der Waals surface area contributed by atoms with Gasteiger partial charge in [0.05, 0.1) is 22.4 Å². The molecule has 0 spiro atoms. The molecule has 0 atom stereocenters. The van der Waals surface area contributed by atoms with Gasteiger partial charge in [-0.05, 0) is 74.5 Å². The Kier molecular flexibility index (Phi) is 7.20. The van der Waals surface area contributed by atoms with Crippen LogP contribution in [0.4, 0.5) is 17.3 Å². The first kappa shape index (κ1) is 33.5. The first-order valence-corrected chi connectivity index (χ1v) is 20.2. The predicted molar refractivity (Wildman–Crippen MR) is 244 cm³/mol. The summed E-state index contributed by atoms with van der Waals surface area (Å²) in [6.07, 6.45) is 0. The number of nitrogens with zero attached hydrogens (tertiary/aromatic N) is 5. The minimum Gasteiger partial charge on any atom is -0.309 e. The van der Waals surface area contributed by atoms with Gasteiger partial charge < -0.3 is 4.57 Å². The molecule has 0 aliphatic carbocycles. The molecule has 5 heteroatoms. The monoisotopic (exact) mass is 755 g/mol. The molecule has 278 valence electrons. The molecule has 0 bridgehead atoms.